The van der Waals surface area contributed by atoms with E-state index in [1.54, 1.807) is 20.8 Å². The zero-order valence-electron chi connectivity index (χ0n) is 13.0. The lowest BCUT2D eigenvalue weighted by Gasteiger charge is -2.22. The Balaban J connectivity index is 2.87. The van der Waals surface area contributed by atoms with Gasteiger partial charge in [-0.05, 0) is 38.4 Å². The second kappa shape index (κ2) is 6.78. The molecule has 0 aliphatic rings. The fraction of sp³-hybridized carbons (Fsp3) is 0.462. The van der Waals surface area contributed by atoms with Gasteiger partial charge in [-0.3, -0.25) is 4.79 Å². The summed E-state index contributed by atoms with van der Waals surface area (Å²) in [6.45, 7) is 4.67. The minimum absolute atomic E-state index is 0.0528. The molecule has 0 saturated carbocycles. The molecule has 0 unspecified atom stereocenters. The number of carbonyl (C=O) groups is 1. The van der Waals surface area contributed by atoms with Crippen LogP contribution < -0.4 is 5.46 Å². The molecular formula is C13H20BNO6S. The third-order valence-corrected chi connectivity index (χ3v) is 4.48. The molecule has 0 radical (unpaired) electrons. The van der Waals surface area contributed by atoms with Crippen molar-refractivity contribution in [2.75, 3.05) is 13.6 Å². The van der Waals surface area contributed by atoms with Gasteiger partial charge in [-0.25, -0.2) is 8.42 Å². The summed E-state index contributed by atoms with van der Waals surface area (Å²) in [7, 11) is -4.26. The molecule has 2 N–H and O–H groups in total. The van der Waals surface area contributed by atoms with Crippen LogP contribution in [-0.4, -0.2) is 55.1 Å². The van der Waals surface area contributed by atoms with Crippen LogP contribution >= 0.6 is 0 Å². The van der Waals surface area contributed by atoms with Crippen molar-refractivity contribution in [3.8, 4) is 0 Å². The van der Waals surface area contributed by atoms with Gasteiger partial charge < -0.3 is 14.8 Å². The van der Waals surface area contributed by atoms with Crippen molar-refractivity contribution in [3.63, 3.8) is 0 Å². The molecule has 1 aromatic rings. The first kappa shape index (κ1) is 18.6. The monoisotopic (exact) mass is 329 g/mol. The van der Waals surface area contributed by atoms with Gasteiger partial charge >= 0.3 is 13.1 Å². The molecule has 0 amide bonds. The minimum Gasteiger partial charge on any atom is -0.459 e. The highest BCUT2D eigenvalue weighted by Gasteiger charge is 2.26. The summed E-state index contributed by atoms with van der Waals surface area (Å²) in [5, 5.41) is 18.0. The molecule has 9 heteroatoms. The summed E-state index contributed by atoms with van der Waals surface area (Å²) < 4.78 is 30.6. The zero-order chi connectivity index (χ0) is 17.1. The lowest BCUT2D eigenvalue weighted by atomic mass is 9.81. The summed E-state index contributed by atoms with van der Waals surface area (Å²) in [6, 6.07) is 5.07. The Bertz CT molecular complexity index is 621. The van der Waals surface area contributed by atoms with Crippen molar-refractivity contribution in [1.29, 1.82) is 0 Å². The Morgan fingerprint density at radius 3 is 2.14 bits per heavy atom. The fourth-order valence-corrected chi connectivity index (χ4v) is 2.75. The maximum atomic E-state index is 12.3. The van der Waals surface area contributed by atoms with Gasteiger partial charge in [0, 0.05) is 7.05 Å². The van der Waals surface area contributed by atoms with Crippen LogP contribution in [0.5, 0.6) is 0 Å². The Morgan fingerprint density at radius 1 is 1.23 bits per heavy atom. The summed E-state index contributed by atoms with van der Waals surface area (Å²) in [5.41, 5.74) is -0.519. The topological polar surface area (TPSA) is 104 Å². The molecule has 0 spiro atoms. The third-order valence-electron chi connectivity index (χ3n) is 2.66. The van der Waals surface area contributed by atoms with E-state index >= 15 is 0 Å². The number of rotatable bonds is 5. The molecule has 1 aromatic carbocycles. The Kier molecular flexibility index (Phi) is 5.74. The highest BCUT2D eigenvalue weighted by atomic mass is 32.2. The van der Waals surface area contributed by atoms with Gasteiger partial charge in [0.05, 0.1) is 4.90 Å². The Labute approximate surface area is 130 Å². The van der Waals surface area contributed by atoms with Crippen molar-refractivity contribution >= 4 is 28.6 Å². The first-order valence-electron chi connectivity index (χ1n) is 6.58. The average molecular weight is 329 g/mol. The lowest BCUT2D eigenvalue weighted by molar-refractivity contribution is -0.154. The smallest absolute Gasteiger partial charge is 0.459 e. The summed E-state index contributed by atoms with van der Waals surface area (Å²) in [5.74, 6) is -0.652. The van der Waals surface area contributed by atoms with E-state index in [2.05, 4.69) is 0 Å². The number of hydrogen-bond acceptors (Lipinski definition) is 6. The van der Waals surface area contributed by atoms with Gasteiger partial charge in [0.25, 0.3) is 0 Å². The van der Waals surface area contributed by atoms with Gasteiger partial charge in [0.1, 0.15) is 12.1 Å². The van der Waals surface area contributed by atoms with E-state index in [0.29, 0.717) is 0 Å². The minimum atomic E-state index is -3.86. The van der Waals surface area contributed by atoms with Crippen molar-refractivity contribution in [2.45, 2.75) is 31.3 Å². The number of ether oxygens (including phenoxy) is 1. The molecule has 0 fully saturated rings. The number of benzene rings is 1. The fourth-order valence-electron chi connectivity index (χ4n) is 1.63. The molecule has 0 aliphatic carbocycles. The molecule has 0 saturated heterocycles. The van der Waals surface area contributed by atoms with Crippen LogP contribution in [0.4, 0.5) is 0 Å². The number of likely N-dealkylation sites (N-methyl/N-ethyl adjacent to an activating group) is 1. The van der Waals surface area contributed by atoms with Gasteiger partial charge in [0.2, 0.25) is 10.0 Å². The first-order valence-corrected chi connectivity index (χ1v) is 8.02. The normalized spacial score (nSPS) is 12.3. The van der Waals surface area contributed by atoms with E-state index < -0.39 is 35.3 Å². The summed E-state index contributed by atoms with van der Waals surface area (Å²) >= 11 is 0. The van der Waals surface area contributed by atoms with Crippen molar-refractivity contribution in [1.82, 2.24) is 4.31 Å². The average Bonchev–Trinajstić information content (AvgIpc) is 2.36. The van der Waals surface area contributed by atoms with Crippen LogP contribution in [0.3, 0.4) is 0 Å². The van der Waals surface area contributed by atoms with E-state index in [1.165, 1.54) is 31.3 Å². The van der Waals surface area contributed by atoms with E-state index in [4.69, 9.17) is 14.8 Å². The van der Waals surface area contributed by atoms with Crippen molar-refractivity contribution < 1.29 is 28.0 Å². The number of carbonyl (C=O) groups excluding carboxylic acids is 1. The Morgan fingerprint density at radius 2 is 1.73 bits per heavy atom. The molecular weight excluding hydrogens is 309 g/mol. The molecule has 0 bridgehead atoms. The molecule has 0 heterocycles. The van der Waals surface area contributed by atoms with Crippen molar-refractivity contribution in [2.24, 2.45) is 0 Å². The Hall–Kier alpha value is -1.42. The molecule has 0 aliphatic heterocycles. The van der Waals surface area contributed by atoms with Crippen LogP contribution in [-0.2, 0) is 19.6 Å². The van der Waals surface area contributed by atoms with E-state index in [0.717, 1.165) is 4.31 Å². The predicted molar refractivity (Wildman–Crippen MR) is 81.9 cm³/mol. The van der Waals surface area contributed by atoms with E-state index in [-0.39, 0.29) is 10.4 Å². The van der Waals surface area contributed by atoms with Gasteiger partial charge in [-0.2, -0.15) is 4.31 Å². The standard InChI is InChI=1S/C13H20BNO6S/c1-13(2,3)21-12(16)9-15(4)22(19,20)11-7-5-10(6-8-11)14(17)18/h5-8,17-18H,9H2,1-4H3. The van der Waals surface area contributed by atoms with Crippen LogP contribution in [0.1, 0.15) is 20.8 Å². The number of sulfonamides is 1. The van der Waals surface area contributed by atoms with E-state index in [9.17, 15) is 13.2 Å². The molecule has 22 heavy (non-hydrogen) atoms. The maximum absolute atomic E-state index is 12.3. The second-order valence-corrected chi connectivity index (χ2v) is 7.84. The molecule has 0 aromatic heterocycles. The largest absolute Gasteiger partial charge is 0.488 e. The number of nitrogens with zero attached hydrogens (tertiary/aromatic N) is 1. The zero-order valence-corrected chi connectivity index (χ0v) is 13.8. The quantitative estimate of drug-likeness (QED) is 0.548. The number of hydrogen-bond donors (Lipinski definition) is 2. The molecule has 0 atom stereocenters. The van der Waals surface area contributed by atoms with Crippen LogP contribution in [0.25, 0.3) is 0 Å². The summed E-state index contributed by atoms with van der Waals surface area (Å²) in [4.78, 5) is 11.6. The second-order valence-electron chi connectivity index (χ2n) is 5.79. The van der Waals surface area contributed by atoms with Gasteiger partial charge in [-0.15, -0.1) is 0 Å². The third kappa shape index (κ3) is 5.10. The van der Waals surface area contributed by atoms with Crippen LogP contribution in [0, 0.1) is 0 Å². The van der Waals surface area contributed by atoms with Crippen LogP contribution in [0.15, 0.2) is 29.2 Å². The van der Waals surface area contributed by atoms with E-state index in [1.807, 2.05) is 0 Å². The highest BCUT2D eigenvalue weighted by Crippen LogP contribution is 2.14. The lowest BCUT2D eigenvalue weighted by Crippen LogP contribution is -2.36. The summed E-state index contributed by atoms with van der Waals surface area (Å²) in [6.07, 6.45) is 0. The molecule has 1 rings (SSSR count). The SMILES string of the molecule is CN(CC(=O)OC(C)(C)C)S(=O)(=O)c1ccc(B(O)O)cc1. The maximum Gasteiger partial charge on any atom is 0.488 e. The number of esters is 1. The predicted octanol–water partition coefficient (Wildman–Crippen LogP) is -0.671. The van der Waals surface area contributed by atoms with Crippen LogP contribution in [0.2, 0.25) is 0 Å². The molecule has 122 valence electrons. The van der Waals surface area contributed by atoms with Gasteiger partial charge in [0.15, 0.2) is 0 Å². The molecule has 7 nitrogen and oxygen atoms in total. The van der Waals surface area contributed by atoms with Crippen molar-refractivity contribution in [3.05, 3.63) is 24.3 Å². The van der Waals surface area contributed by atoms with Gasteiger partial charge in [-0.1, -0.05) is 12.1 Å². The first-order chi connectivity index (χ1) is 9.93. The highest BCUT2D eigenvalue weighted by molar-refractivity contribution is 7.89.